The molecule has 5 nitrogen and oxygen atoms in total. The van der Waals surface area contributed by atoms with E-state index in [0.717, 1.165) is 26.0 Å². The zero-order valence-corrected chi connectivity index (χ0v) is 12.1. The normalized spacial score (nSPS) is 26.9. The third-order valence-corrected chi connectivity index (χ3v) is 4.62. The minimum atomic E-state index is 0.173. The van der Waals surface area contributed by atoms with Gasteiger partial charge < -0.3 is 15.7 Å². The second-order valence-electron chi connectivity index (χ2n) is 6.20. The Morgan fingerprint density at radius 2 is 2.26 bits per heavy atom. The molecule has 1 saturated heterocycles. The predicted octanol–water partition coefficient (Wildman–Crippen LogP) is 1.93. The Bertz CT molecular complexity index is 327. The van der Waals surface area contributed by atoms with E-state index in [1.165, 1.54) is 19.3 Å². The molecular formula is C14H27N3O2. The minimum absolute atomic E-state index is 0.173. The zero-order chi connectivity index (χ0) is 13.9. The molecule has 0 aromatic heterocycles. The highest BCUT2D eigenvalue weighted by atomic mass is 16.5. The van der Waals surface area contributed by atoms with E-state index < -0.39 is 0 Å². The molecule has 0 bridgehead atoms. The first-order valence-corrected chi connectivity index (χ1v) is 7.42. The molecule has 110 valence electrons. The van der Waals surface area contributed by atoms with Crippen molar-refractivity contribution in [1.82, 2.24) is 4.90 Å². The summed E-state index contributed by atoms with van der Waals surface area (Å²) < 4.78 is 5.99. The van der Waals surface area contributed by atoms with Gasteiger partial charge in [0.15, 0.2) is 0 Å². The molecule has 2 rings (SSSR count). The van der Waals surface area contributed by atoms with Crippen LogP contribution in [0.1, 0.15) is 52.4 Å². The maximum atomic E-state index is 8.65. The van der Waals surface area contributed by atoms with E-state index in [0.29, 0.717) is 24.3 Å². The van der Waals surface area contributed by atoms with Crippen molar-refractivity contribution in [2.75, 3.05) is 13.2 Å². The molecule has 1 saturated carbocycles. The highest BCUT2D eigenvalue weighted by molar-refractivity contribution is 5.79. The Balaban J connectivity index is 1.94. The summed E-state index contributed by atoms with van der Waals surface area (Å²) in [5.74, 6) is 0.316. The van der Waals surface area contributed by atoms with Crippen molar-refractivity contribution in [1.29, 1.82) is 0 Å². The topological polar surface area (TPSA) is 71.1 Å². The van der Waals surface area contributed by atoms with Crippen LogP contribution < -0.4 is 5.73 Å². The molecule has 3 N–H and O–H groups in total. The molecule has 0 aromatic rings. The van der Waals surface area contributed by atoms with Gasteiger partial charge in [-0.2, -0.15) is 0 Å². The van der Waals surface area contributed by atoms with E-state index in [-0.39, 0.29) is 5.60 Å². The summed E-state index contributed by atoms with van der Waals surface area (Å²) in [6.07, 6.45) is 6.60. The van der Waals surface area contributed by atoms with Crippen LogP contribution in [0, 0.1) is 0 Å². The van der Waals surface area contributed by atoms with Crippen molar-refractivity contribution in [3.63, 3.8) is 0 Å². The monoisotopic (exact) mass is 269 g/mol. The second-order valence-corrected chi connectivity index (χ2v) is 6.20. The first kappa shape index (κ1) is 14.6. The predicted molar refractivity (Wildman–Crippen MR) is 75.4 cm³/mol. The van der Waals surface area contributed by atoms with Crippen LogP contribution in [0.4, 0.5) is 0 Å². The fraction of sp³-hybridized carbons (Fsp3) is 0.929. The third kappa shape index (κ3) is 3.39. The number of hydrogen-bond acceptors (Lipinski definition) is 4. The lowest BCUT2D eigenvalue weighted by atomic mass is 9.73. The maximum absolute atomic E-state index is 8.65. The van der Waals surface area contributed by atoms with Gasteiger partial charge in [0.25, 0.3) is 0 Å². The summed E-state index contributed by atoms with van der Waals surface area (Å²) >= 11 is 0. The van der Waals surface area contributed by atoms with E-state index in [1.807, 2.05) is 0 Å². The van der Waals surface area contributed by atoms with Crippen molar-refractivity contribution in [2.24, 2.45) is 10.9 Å². The first-order chi connectivity index (χ1) is 9.06. The molecule has 0 radical (unpaired) electrons. The maximum Gasteiger partial charge on any atom is 0.140 e. The van der Waals surface area contributed by atoms with Gasteiger partial charge in [-0.25, -0.2) is 0 Å². The van der Waals surface area contributed by atoms with Crippen LogP contribution in [-0.4, -0.2) is 46.8 Å². The van der Waals surface area contributed by atoms with Gasteiger partial charge in [0.1, 0.15) is 5.84 Å². The van der Waals surface area contributed by atoms with E-state index in [2.05, 4.69) is 23.9 Å². The molecule has 1 heterocycles. The Morgan fingerprint density at radius 3 is 2.79 bits per heavy atom. The summed E-state index contributed by atoms with van der Waals surface area (Å²) in [7, 11) is 0. The molecule has 1 unspecified atom stereocenters. The van der Waals surface area contributed by atoms with Crippen molar-refractivity contribution in [2.45, 2.75) is 70.1 Å². The van der Waals surface area contributed by atoms with Crippen LogP contribution in [0.15, 0.2) is 5.16 Å². The van der Waals surface area contributed by atoms with Crippen LogP contribution in [0.2, 0.25) is 0 Å². The molecule has 2 aliphatic rings. The average molecular weight is 269 g/mol. The fourth-order valence-electron chi connectivity index (χ4n) is 3.36. The Kier molecular flexibility index (Phi) is 4.68. The van der Waals surface area contributed by atoms with Gasteiger partial charge in [-0.1, -0.05) is 5.16 Å². The van der Waals surface area contributed by atoms with Crippen LogP contribution in [0.25, 0.3) is 0 Å². The Hall–Kier alpha value is -0.810. The summed E-state index contributed by atoms with van der Waals surface area (Å²) in [5.41, 5.74) is 5.76. The number of nitrogens with two attached hydrogens (primary N) is 1. The number of nitrogens with zero attached hydrogens (tertiary/aromatic N) is 2. The highest BCUT2D eigenvalue weighted by Crippen LogP contribution is 2.43. The van der Waals surface area contributed by atoms with E-state index in [9.17, 15) is 0 Å². The van der Waals surface area contributed by atoms with Crippen molar-refractivity contribution in [3.8, 4) is 0 Å². The van der Waals surface area contributed by atoms with Gasteiger partial charge in [-0.15, -0.1) is 0 Å². The molecule has 1 aliphatic carbocycles. The van der Waals surface area contributed by atoms with E-state index in [4.69, 9.17) is 15.7 Å². The number of oxime groups is 1. The molecule has 0 amide bonds. The molecule has 1 atom stereocenters. The minimum Gasteiger partial charge on any atom is -0.409 e. The average Bonchev–Trinajstić information content (AvgIpc) is 2.36. The fourth-order valence-corrected chi connectivity index (χ4v) is 3.36. The van der Waals surface area contributed by atoms with E-state index in [1.54, 1.807) is 0 Å². The van der Waals surface area contributed by atoms with Gasteiger partial charge in [-0.3, -0.25) is 4.90 Å². The standard InChI is InChI=1S/C14H27N3O2/c1-11(2)17(8-4-13(15)16-18)12-5-9-19-14(10-12)6-3-7-14/h11-12,18H,3-10H2,1-2H3,(H2,15,16). The third-order valence-electron chi connectivity index (χ3n) is 4.62. The van der Waals surface area contributed by atoms with Gasteiger partial charge in [-0.05, 0) is 46.0 Å². The van der Waals surface area contributed by atoms with E-state index >= 15 is 0 Å². The summed E-state index contributed by atoms with van der Waals surface area (Å²) in [6.45, 7) is 6.16. The number of rotatable bonds is 5. The van der Waals surface area contributed by atoms with Gasteiger partial charge >= 0.3 is 0 Å². The van der Waals surface area contributed by atoms with Crippen LogP contribution in [0.5, 0.6) is 0 Å². The molecule has 19 heavy (non-hydrogen) atoms. The summed E-state index contributed by atoms with van der Waals surface area (Å²) in [5, 5.41) is 11.7. The number of hydrogen-bond donors (Lipinski definition) is 2. The Morgan fingerprint density at radius 1 is 1.53 bits per heavy atom. The lowest BCUT2D eigenvalue weighted by Gasteiger charge is -2.50. The van der Waals surface area contributed by atoms with Gasteiger partial charge in [0, 0.05) is 31.7 Å². The molecule has 2 fully saturated rings. The van der Waals surface area contributed by atoms with Crippen molar-refractivity contribution < 1.29 is 9.94 Å². The number of amidine groups is 1. The quantitative estimate of drug-likeness (QED) is 0.346. The summed E-state index contributed by atoms with van der Waals surface area (Å²) in [6, 6.07) is 1.05. The molecule has 1 spiro atoms. The van der Waals surface area contributed by atoms with Crippen LogP contribution >= 0.6 is 0 Å². The SMILES string of the molecule is CC(C)N(CCC(N)=NO)C1CCOC2(CCC2)C1. The van der Waals surface area contributed by atoms with Crippen LogP contribution in [0.3, 0.4) is 0 Å². The second kappa shape index (κ2) is 6.09. The number of ether oxygens (including phenoxy) is 1. The Labute approximate surface area is 115 Å². The van der Waals surface area contributed by atoms with Gasteiger partial charge in [0.05, 0.1) is 5.60 Å². The highest BCUT2D eigenvalue weighted by Gasteiger charge is 2.44. The summed E-state index contributed by atoms with van der Waals surface area (Å²) in [4.78, 5) is 2.49. The lowest BCUT2D eigenvalue weighted by molar-refractivity contribution is -0.150. The first-order valence-electron chi connectivity index (χ1n) is 7.42. The van der Waals surface area contributed by atoms with Crippen molar-refractivity contribution >= 4 is 5.84 Å². The zero-order valence-electron chi connectivity index (χ0n) is 12.1. The molecule has 5 heteroatoms. The molecule has 0 aromatic carbocycles. The van der Waals surface area contributed by atoms with Crippen LogP contribution in [-0.2, 0) is 4.74 Å². The van der Waals surface area contributed by atoms with Gasteiger partial charge in [0.2, 0.25) is 0 Å². The largest absolute Gasteiger partial charge is 0.409 e. The lowest BCUT2D eigenvalue weighted by Crippen LogP contribution is -2.54. The molecule has 1 aliphatic heterocycles. The smallest absolute Gasteiger partial charge is 0.140 e. The van der Waals surface area contributed by atoms with Crippen molar-refractivity contribution in [3.05, 3.63) is 0 Å². The molecular weight excluding hydrogens is 242 g/mol.